The third-order valence-corrected chi connectivity index (χ3v) is 3.55. The number of halogens is 1. The molecule has 5 heteroatoms. The molecule has 4 nitrogen and oxygen atoms in total. The molecule has 0 aliphatic heterocycles. The molecule has 114 valence electrons. The molecule has 20 heavy (non-hydrogen) atoms. The fourth-order valence-corrected chi connectivity index (χ4v) is 2.58. The van der Waals surface area contributed by atoms with Crippen LogP contribution < -0.4 is 0 Å². The van der Waals surface area contributed by atoms with Crippen LogP contribution in [0.4, 0.5) is 0 Å². The molecule has 0 radical (unpaired) electrons. The molecular weight excluding hydrogens is 318 g/mol. The van der Waals surface area contributed by atoms with Crippen molar-refractivity contribution < 1.29 is 4.79 Å². The highest BCUT2D eigenvalue weighted by molar-refractivity contribution is 9.10. The highest BCUT2D eigenvalue weighted by Crippen LogP contribution is 2.17. The van der Waals surface area contributed by atoms with Crippen molar-refractivity contribution in [3.05, 3.63) is 22.4 Å². The first-order valence-electron chi connectivity index (χ1n) is 7.14. The van der Waals surface area contributed by atoms with Crippen molar-refractivity contribution in [3.8, 4) is 0 Å². The normalized spacial score (nSPS) is 11.4. The fourth-order valence-electron chi connectivity index (χ4n) is 2.11. The molecule has 1 aromatic rings. The van der Waals surface area contributed by atoms with E-state index in [1.54, 1.807) is 0 Å². The third kappa shape index (κ3) is 4.94. The minimum Gasteiger partial charge on any atom is -0.343 e. The molecule has 0 atom stereocenters. The number of nitrogens with zero attached hydrogens (tertiary/aromatic N) is 3. The van der Waals surface area contributed by atoms with E-state index in [0.29, 0.717) is 5.92 Å². The van der Waals surface area contributed by atoms with Gasteiger partial charge >= 0.3 is 0 Å². The van der Waals surface area contributed by atoms with E-state index in [4.69, 9.17) is 0 Å². The Balaban J connectivity index is 2.90. The Morgan fingerprint density at radius 1 is 1.35 bits per heavy atom. The quantitative estimate of drug-likeness (QED) is 0.761. The van der Waals surface area contributed by atoms with Gasteiger partial charge in [0.05, 0.1) is 0 Å². The minimum atomic E-state index is 0.119. The zero-order valence-corrected chi connectivity index (χ0v) is 14.8. The van der Waals surface area contributed by atoms with Crippen molar-refractivity contribution in [3.63, 3.8) is 0 Å². The lowest BCUT2D eigenvalue weighted by Gasteiger charge is -2.26. The van der Waals surface area contributed by atoms with Gasteiger partial charge < -0.3 is 14.4 Å². The van der Waals surface area contributed by atoms with Crippen LogP contribution in [0.1, 0.15) is 31.3 Å². The van der Waals surface area contributed by atoms with E-state index in [0.717, 1.165) is 36.3 Å². The Morgan fingerprint density at radius 3 is 2.50 bits per heavy atom. The van der Waals surface area contributed by atoms with Crippen molar-refractivity contribution in [1.29, 1.82) is 0 Å². The molecule has 0 aliphatic rings. The largest absolute Gasteiger partial charge is 0.343 e. The minimum absolute atomic E-state index is 0.119. The van der Waals surface area contributed by atoms with Gasteiger partial charge in [-0.05, 0) is 48.9 Å². The van der Waals surface area contributed by atoms with Gasteiger partial charge in [0.1, 0.15) is 5.69 Å². The summed E-state index contributed by atoms with van der Waals surface area (Å²) in [6.07, 6.45) is 1.97. The molecule has 0 saturated heterocycles. The number of aromatic nitrogens is 1. The lowest BCUT2D eigenvalue weighted by Crippen LogP contribution is -2.39. The Morgan fingerprint density at radius 2 is 2.00 bits per heavy atom. The SMILES string of the molecule is CCn1cc(Br)cc1C(=O)N(CCN(C)C)CC(C)C. The first kappa shape index (κ1) is 17.2. The summed E-state index contributed by atoms with van der Waals surface area (Å²) in [5.74, 6) is 0.586. The topological polar surface area (TPSA) is 28.5 Å². The molecule has 0 bridgehead atoms. The second-order valence-corrected chi connectivity index (χ2v) is 6.69. The predicted molar refractivity (Wildman–Crippen MR) is 87.1 cm³/mol. The average Bonchev–Trinajstić information content (AvgIpc) is 2.74. The molecule has 0 aliphatic carbocycles. The summed E-state index contributed by atoms with van der Waals surface area (Å²) >= 11 is 3.45. The van der Waals surface area contributed by atoms with Crippen LogP contribution in [0.3, 0.4) is 0 Å². The van der Waals surface area contributed by atoms with Crippen LogP contribution in [0.15, 0.2) is 16.7 Å². The van der Waals surface area contributed by atoms with Gasteiger partial charge in [0.25, 0.3) is 5.91 Å². The summed E-state index contributed by atoms with van der Waals surface area (Å²) in [6, 6.07) is 1.91. The number of amides is 1. The standard InChI is InChI=1S/C15H26BrN3O/c1-6-18-11-13(16)9-14(18)15(20)19(10-12(2)3)8-7-17(4)5/h9,11-12H,6-8,10H2,1-5H3. The highest BCUT2D eigenvalue weighted by Gasteiger charge is 2.20. The van der Waals surface area contributed by atoms with Crippen LogP contribution in [0.5, 0.6) is 0 Å². The van der Waals surface area contributed by atoms with Gasteiger partial charge in [0, 0.05) is 36.8 Å². The van der Waals surface area contributed by atoms with Gasteiger partial charge in [-0.1, -0.05) is 13.8 Å². The monoisotopic (exact) mass is 343 g/mol. The van der Waals surface area contributed by atoms with E-state index in [2.05, 4.69) is 41.6 Å². The van der Waals surface area contributed by atoms with Gasteiger partial charge in [-0.2, -0.15) is 0 Å². The number of carbonyl (C=O) groups excluding carboxylic acids is 1. The van der Waals surface area contributed by atoms with E-state index in [-0.39, 0.29) is 5.91 Å². The number of rotatable bonds is 7. The molecule has 1 aromatic heterocycles. The number of carbonyl (C=O) groups is 1. The van der Waals surface area contributed by atoms with Crippen molar-refractivity contribution >= 4 is 21.8 Å². The van der Waals surface area contributed by atoms with Crippen LogP contribution in [-0.2, 0) is 6.54 Å². The maximum Gasteiger partial charge on any atom is 0.270 e. The Bertz CT molecular complexity index is 440. The lowest BCUT2D eigenvalue weighted by molar-refractivity contribution is 0.0714. The van der Waals surface area contributed by atoms with Gasteiger partial charge in [-0.3, -0.25) is 4.79 Å². The van der Waals surface area contributed by atoms with E-state index >= 15 is 0 Å². The smallest absolute Gasteiger partial charge is 0.270 e. The van der Waals surface area contributed by atoms with Gasteiger partial charge in [0.15, 0.2) is 0 Å². The third-order valence-electron chi connectivity index (χ3n) is 3.11. The maximum atomic E-state index is 12.8. The molecule has 0 N–H and O–H groups in total. The van der Waals surface area contributed by atoms with Crippen molar-refractivity contribution in [2.24, 2.45) is 5.92 Å². The van der Waals surface area contributed by atoms with E-state index < -0.39 is 0 Å². The summed E-state index contributed by atoms with van der Waals surface area (Å²) < 4.78 is 2.95. The molecular formula is C15H26BrN3O. The summed E-state index contributed by atoms with van der Waals surface area (Å²) in [5.41, 5.74) is 0.763. The van der Waals surface area contributed by atoms with Gasteiger partial charge in [0.2, 0.25) is 0 Å². The zero-order valence-electron chi connectivity index (χ0n) is 13.2. The molecule has 0 spiro atoms. The average molecular weight is 344 g/mol. The first-order valence-corrected chi connectivity index (χ1v) is 7.94. The second-order valence-electron chi connectivity index (χ2n) is 5.78. The summed E-state index contributed by atoms with van der Waals surface area (Å²) in [7, 11) is 4.06. The number of likely N-dealkylation sites (N-methyl/N-ethyl adjacent to an activating group) is 1. The van der Waals surface area contributed by atoms with Gasteiger partial charge in [-0.15, -0.1) is 0 Å². The fraction of sp³-hybridized carbons (Fsp3) is 0.667. The maximum absolute atomic E-state index is 12.8. The Kier molecular flexibility index (Phi) is 6.76. The highest BCUT2D eigenvalue weighted by atomic mass is 79.9. The van der Waals surface area contributed by atoms with Crippen molar-refractivity contribution in [2.45, 2.75) is 27.3 Å². The first-order chi connectivity index (χ1) is 9.35. The Labute approximate surface area is 130 Å². The molecule has 0 unspecified atom stereocenters. The van der Waals surface area contributed by atoms with E-state index in [1.165, 1.54) is 0 Å². The molecule has 1 heterocycles. The molecule has 1 amide bonds. The van der Waals surface area contributed by atoms with Crippen molar-refractivity contribution in [2.75, 3.05) is 33.7 Å². The van der Waals surface area contributed by atoms with Crippen LogP contribution in [0, 0.1) is 5.92 Å². The second kappa shape index (κ2) is 7.84. The van der Waals surface area contributed by atoms with Crippen LogP contribution >= 0.6 is 15.9 Å². The summed E-state index contributed by atoms with van der Waals surface area (Å²) in [5, 5.41) is 0. The van der Waals surface area contributed by atoms with Crippen molar-refractivity contribution in [1.82, 2.24) is 14.4 Å². The lowest BCUT2D eigenvalue weighted by atomic mass is 10.2. The van der Waals surface area contributed by atoms with Crippen LogP contribution in [0.25, 0.3) is 0 Å². The van der Waals surface area contributed by atoms with E-state index in [1.807, 2.05) is 35.8 Å². The summed E-state index contributed by atoms with van der Waals surface area (Å²) in [6.45, 7) is 9.57. The number of aryl methyl sites for hydroxylation is 1. The van der Waals surface area contributed by atoms with Gasteiger partial charge in [-0.25, -0.2) is 0 Å². The number of hydrogen-bond acceptors (Lipinski definition) is 2. The zero-order chi connectivity index (χ0) is 15.3. The molecule has 0 saturated carbocycles. The molecule has 0 fully saturated rings. The summed E-state index contributed by atoms with van der Waals surface area (Å²) in [4.78, 5) is 16.8. The predicted octanol–water partition coefficient (Wildman–Crippen LogP) is 2.93. The van der Waals surface area contributed by atoms with E-state index in [9.17, 15) is 4.79 Å². The number of hydrogen-bond donors (Lipinski definition) is 0. The molecule has 0 aromatic carbocycles. The molecule has 1 rings (SSSR count). The Hall–Kier alpha value is -0.810. The van der Waals surface area contributed by atoms with Crippen LogP contribution in [-0.4, -0.2) is 54.0 Å². The van der Waals surface area contributed by atoms with Crippen LogP contribution in [0.2, 0.25) is 0 Å².